The number of likely N-dealkylation sites (N-methyl/N-ethyl adjacent to an activating group) is 1. The second-order valence-electron chi connectivity index (χ2n) is 4.32. The number of hydrogen-bond donors (Lipinski definition) is 0. The first-order valence-electron chi connectivity index (χ1n) is 6.33. The van der Waals surface area contributed by atoms with Crippen LogP contribution in [0.15, 0.2) is 36.4 Å². The van der Waals surface area contributed by atoms with Crippen molar-refractivity contribution in [2.24, 2.45) is 0 Å². The normalized spacial score (nSPS) is 12.9. The minimum Gasteiger partial charge on any atom is -0.463 e. The molecule has 1 unspecified atom stereocenters. The van der Waals surface area contributed by atoms with Crippen LogP contribution in [0.5, 0.6) is 0 Å². The topological polar surface area (TPSA) is 29.5 Å². The van der Waals surface area contributed by atoms with E-state index in [0.717, 1.165) is 5.02 Å². The third-order valence-corrected chi connectivity index (χ3v) is 3.20. The Labute approximate surface area is 119 Å². The van der Waals surface area contributed by atoms with E-state index >= 15 is 0 Å². The second kappa shape index (κ2) is 7.97. The highest BCUT2D eigenvalue weighted by molar-refractivity contribution is 6.30. The van der Waals surface area contributed by atoms with Gasteiger partial charge in [0.15, 0.2) is 0 Å². The lowest BCUT2D eigenvalue weighted by atomic mass is 10.1. The number of ether oxygens (including phenoxy) is 1. The van der Waals surface area contributed by atoms with Crippen LogP contribution >= 0.6 is 11.6 Å². The molecule has 0 aliphatic carbocycles. The monoisotopic (exact) mass is 281 g/mol. The molecule has 4 heteroatoms. The summed E-state index contributed by atoms with van der Waals surface area (Å²) in [7, 11) is 2.01. The van der Waals surface area contributed by atoms with Crippen molar-refractivity contribution in [1.29, 1.82) is 0 Å². The van der Waals surface area contributed by atoms with Gasteiger partial charge in [0.25, 0.3) is 0 Å². The molecule has 0 bridgehead atoms. The van der Waals surface area contributed by atoms with Crippen LogP contribution in [-0.4, -0.2) is 31.1 Å². The van der Waals surface area contributed by atoms with E-state index in [9.17, 15) is 4.79 Å². The molecule has 3 nitrogen and oxygen atoms in total. The van der Waals surface area contributed by atoms with Gasteiger partial charge < -0.3 is 4.74 Å². The summed E-state index contributed by atoms with van der Waals surface area (Å²) in [6, 6.07) is 8.05. The van der Waals surface area contributed by atoms with Crippen molar-refractivity contribution >= 4 is 17.6 Å². The van der Waals surface area contributed by atoms with E-state index in [4.69, 9.17) is 16.3 Å². The van der Waals surface area contributed by atoms with Gasteiger partial charge in [-0.1, -0.05) is 29.8 Å². The Hall–Kier alpha value is -1.32. The molecule has 1 aromatic carbocycles. The van der Waals surface area contributed by atoms with Gasteiger partial charge in [-0.2, -0.15) is 0 Å². The Morgan fingerprint density at radius 2 is 2.05 bits per heavy atom. The van der Waals surface area contributed by atoms with Gasteiger partial charge in [-0.3, -0.25) is 4.90 Å². The molecule has 0 N–H and O–H groups in total. The van der Waals surface area contributed by atoms with Gasteiger partial charge in [0.1, 0.15) is 0 Å². The third-order valence-electron chi connectivity index (χ3n) is 2.95. The first-order chi connectivity index (χ1) is 9.04. The number of halogens is 1. The summed E-state index contributed by atoms with van der Waals surface area (Å²) in [6.45, 7) is 4.99. The highest BCUT2D eigenvalue weighted by Crippen LogP contribution is 2.20. The Kier molecular flexibility index (Phi) is 6.60. The van der Waals surface area contributed by atoms with Crippen molar-refractivity contribution in [3.8, 4) is 0 Å². The Morgan fingerprint density at radius 3 is 2.63 bits per heavy atom. The van der Waals surface area contributed by atoms with Gasteiger partial charge in [-0.15, -0.1) is 0 Å². The predicted octanol–water partition coefficient (Wildman–Crippen LogP) is 3.45. The SMILES string of the molecule is CCOC(=O)/C=C/CN(C)C(C)c1ccc(Cl)cc1. The highest BCUT2D eigenvalue weighted by atomic mass is 35.5. The van der Waals surface area contributed by atoms with E-state index in [1.807, 2.05) is 37.4 Å². The summed E-state index contributed by atoms with van der Waals surface area (Å²) in [4.78, 5) is 13.3. The van der Waals surface area contributed by atoms with Gasteiger partial charge in [-0.25, -0.2) is 4.79 Å². The molecule has 0 fully saturated rings. The zero-order valence-electron chi connectivity index (χ0n) is 11.6. The maximum Gasteiger partial charge on any atom is 0.330 e. The quantitative estimate of drug-likeness (QED) is 0.591. The van der Waals surface area contributed by atoms with Crippen molar-refractivity contribution in [2.75, 3.05) is 20.2 Å². The summed E-state index contributed by atoms with van der Waals surface area (Å²) >= 11 is 5.87. The number of esters is 1. The minimum absolute atomic E-state index is 0.254. The molecule has 1 rings (SSSR count). The standard InChI is InChI=1S/C15H20ClNO2/c1-4-19-15(18)6-5-11-17(3)12(2)13-7-9-14(16)10-8-13/h5-10,12H,4,11H2,1-3H3/b6-5+. The van der Waals surface area contributed by atoms with Crippen LogP contribution in [0.2, 0.25) is 5.02 Å². The van der Waals surface area contributed by atoms with Crippen molar-refractivity contribution in [1.82, 2.24) is 4.90 Å². The van der Waals surface area contributed by atoms with E-state index in [0.29, 0.717) is 13.2 Å². The number of hydrogen-bond acceptors (Lipinski definition) is 3. The second-order valence-corrected chi connectivity index (χ2v) is 4.76. The smallest absolute Gasteiger partial charge is 0.330 e. The van der Waals surface area contributed by atoms with Crippen molar-refractivity contribution in [3.63, 3.8) is 0 Å². The summed E-state index contributed by atoms with van der Waals surface area (Å²) in [5.74, 6) is -0.296. The lowest BCUT2D eigenvalue weighted by Gasteiger charge is -2.23. The summed E-state index contributed by atoms with van der Waals surface area (Å²) < 4.78 is 4.82. The zero-order chi connectivity index (χ0) is 14.3. The Morgan fingerprint density at radius 1 is 1.42 bits per heavy atom. The average Bonchev–Trinajstić information content (AvgIpc) is 2.39. The first-order valence-corrected chi connectivity index (χ1v) is 6.71. The highest BCUT2D eigenvalue weighted by Gasteiger charge is 2.10. The molecular weight excluding hydrogens is 262 g/mol. The van der Waals surface area contributed by atoms with Crippen molar-refractivity contribution in [2.45, 2.75) is 19.9 Å². The molecule has 0 saturated carbocycles. The summed E-state index contributed by atoms with van der Waals surface area (Å²) in [5, 5.41) is 0.737. The van der Waals surface area contributed by atoms with E-state index < -0.39 is 0 Å². The number of benzene rings is 1. The first kappa shape index (κ1) is 15.7. The Balaban J connectivity index is 2.51. The van der Waals surface area contributed by atoms with E-state index in [-0.39, 0.29) is 12.0 Å². The maximum atomic E-state index is 11.2. The van der Waals surface area contributed by atoms with Crippen molar-refractivity contribution in [3.05, 3.63) is 47.0 Å². The van der Waals surface area contributed by atoms with E-state index in [2.05, 4.69) is 11.8 Å². The molecule has 0 spiro atoms. The number of carbonyl (C=O) groups excluding carboxylic acids is 1. The largest absolute Gasteiger partial charge is 0.463 e. The fourth-order valence-electron chi connectivity index (χ4n) is 1.66. The maximum absolute atomic E-state index is 11.2. The third kappa shape index (κ3) is 5.45. The van der Waals surface area contributed by atoms with Gasteiger partial charge >= 0.3 is 5.97 Å². The average molecular weight is 282 g/mol. The zero-order valence-corrected chi connectivity index (χ0v) is 12.4. The molecule has 0 aromatic heterocycles. The molecule has 1 aromatic rings. The summed E-state index contributed by atoms with van der Waals surface area (Å²) in [5.41, 5.74) is 1.19. The van der Waals surface area contributed by atoms with Gasteiger partial charge in [-0.05, 0) is 38.6 Å². The fourth-order valence-corrected chi connectivity index (χ4v) is 1.79. The molecule has 19 heavy (non-hydrogen) atoms. The van der Waals surface area contributed by atoms with Crippen LogP contribution in [0, 0.1) is 0 Å². The molecule has 0 saturated heterocycles. The molecule has 0 heterocycles. The van der Waals surface area contributed by atoms with Crippen LogP contribution in [0.25, 0.3) is 0 Å². The Bertz CT molecular complexity index is 428. The predicted molar refractivity (Wildman–Crippen MR) is 78.3 cm³/mol. The van der Waals surface area contributed by atoms with E-state index in [1.165, 1.54) is 11.6 Å². The molecule has 0 aliphatic heterocycles. The lowest BCUT2D eigenvalue weighted by molar-refractivity contribution is -0.137. The number of nitrogens with zero attached hydrogens (tertiary/aromatic N) is 1. The molecule has 104 valence electrons. The molecule has 0 amide bonds. The van der Waals surface area contributed by atoms with Crippen LogP contribution < -0.4 is 0 Å². The number of rotatable bonds is 6. The number of carbonyl (C=O) groups is 1. The van der Waals surface area contributed by atoms with E-state index in [1.54, 1.807) is 6.92 Å². The molecule has 0 radical (unpaired) electrons. The summed E-state index contributed by atoms with van der Waals surface area (Å²) in [6.07, 6.45) is 3.28. The fraction of sp³-hybridized carbons (Fsp3) is 0.400. The van der Waals surface area contributed by atoms with Gasteiger partial charge in [0, 0.05) is 23.7 Å². The molecular formula is C15H20ClNO2. The van der Waals surface area contributed by atoms with Crippen LogP contribution in [-0.2, 0) is 9.53 Å². The lowest BCUT2D eigenvalue weighted by Crippen LogP contribution is -2.22. The molecule has 0 aliphatic rings. The molecule has 1 atom stereocenters. The van der Waals surface area contributed by atoms with Gasteiger partial charge in [0.05, 0.1) is 6.61 Å². The minimum atomic E-state index is -0.296. The van der Waals surface area contributed by atoms with Crippen molar-refractivity contribution < 1.29 is 9.53 Å². The van der Waals surface area contributed by atoms with Crippen LogP contribution in [0.4, 0.5) is 0 Å². The van der Waals surface area contributed by atoms with Gasteiger partial charge in [0.2, 0.25) is 0 Å². The van der Waals surface area contributed by atoms with Crippen LogP contribution in [0.3, 0.4) is 0 Å². The van der Waals surface area contributed by atoms with Crippen LogP contribution in [0.1, 0.15) is 25.5 Å².